The van der Waals surface area contributed by atoms with Crippen LogP contribution in [0.4, 0.5) is 4.39 Å². The average Bonchev–Trinajstić information content (AvgIpc) is 2.26. The minimum absolute atomic E-state index is 0.0790. The number of hydrogen-bond acceptors (Lipinski definition) is 2. The SMILES string of the molecule is CC(C)(N)CCC(=O)NCc1cc(F)ccc1Br. The van der Waals surface area contributed by atoms with Crippen molar-refractivity contribution >= 4 is 21.8 Å². The van der Waals surface area contributed by atoms with Crippen molar-refractivity contribution in [1.29, 1.82) is 0 Å². The second-order valence-corrected chi connectivity index (χ2v) is 5.86. The number of hydrogen-bond donors (Lipinski definition) is 2. The van der Waals surface area contributed by atoms with E-state index in [0.29, 0.717) is 19.4 Å². The van der Waals surface area contributed by atoms with Crippen LogP contribution in [0.3, 0.4) is 0 Å². The highest BCUT2D eigenvalue weighted by atomic mass is 79.9. The van der Waals surface area contributed by atoms with Gasteiger partial charge in [-0.15, -0.1) is 0 Å². The smallest absolute Gasteiger partial charge is 0.220 e. The fraction of sp³-hybridized carbons (Fsp3) is 0.462. The lowest BCUT2D eigenvalue weighted by Gasteiger charge is -2.17. The molecule has 0 saturated carbocycles. The molecule has 0 aliphatic heterocycles. The van der Waals surface area contributed by atoms with Crippen molar-refractivity contribution in [2.45, 2.75) is 38.8 Å². The Morgan fingerprint density at radius 2 is 2.17 bits per heavy atom. The van der Waals surface area contributed by atoms with Crippen LogP contribution in [0.1, 0.15) is 32.3 Å². The molecule has 0 bridgehead atoms. The molecule has 1 aromatic carbocycles. The second kappa shape index (κ2) is 6.29. The molecule has 0 heterocycles. The first kappa shape index (κ1) is 15.1. The summed E-state index contributed by atoms with van der Waals surface area (Å²) < 4.78 is 13.8. The first-order valence-electron chi connectivity index (χ1n) is 5.77. The van der Waals surface area contributed by atoms with E-state index in [2.05, 4.69) is 21.2 Å². The van der Waals surface area contributed by atoms with Crippen LogP contribution >= 0.6 is 15.9 Å². The minimum Gasteiger partial charge on any atom is -0.352 e. The van der Waals surface area contributed by atoms with Crippen LogP contribution < -0.4 is 11.1 Å². The Labute approximate surface area is 115 Å². The lowest BCUT2D eigenvalue weighted by atomic mass is 10.00. The number of rotatable bonds is 5. The van der Waals surface area contributed by atoms with Gasteiger partial charge in [0.15, 0.2) is 0 Å². The number of amides is 1. The minimum atomic E-state index is -0.350. The first-order chi connectivity index (χ1) is 8.28. The summed E-state index contributed by atoms with van der Waals surface area (Å²) in [5.41, 5.74) is 6.17. The van der Waals surface area contributed by atoms with E-state index in [9.17, 15) is 9.18 Å². The van der Waals surface area contributed by atoms with Crippen LogP contribution in [-0.4, -0.2) is 11.4 Å². The van der Waals surface area contributed by atoms with Gasteiger partial charge in [-0.1, -0.05) is 15.9 Å². The van der Waals surface area contributed by atoms with Crippen LogP contribution in [0.5, 0.6) is 0 Å². The quantitative estimate of drug-likeness (QED) is 0.877. The Bertz CT molecular complexity index is 429. The highest BCUT2D eigenvalue weighted by Crippen LogP contribution is 2.17. The van der Waals surface area contributed by atoms with E-state index >= 15 is 0 Å². The molecule has 0 atom stereocenters. The van der Waals surface area contributed by atoms with Crippen molar-refractivity contribution in [3.63, 3.8) is 0 Å². The molecule has 1 aromatic rings. The van der Waals surface area contributed by atoms with Gasteiger partial charge in [0.25, 0.3) is 0 Å². The van der Waals surface area contributed by atoms with Gasteiger partial charge in [0.05, 0.1) is 0 Å². The largest absolute Gasteiger partial charge is 0.352 e. The fourth-order valence-corrected chi connectivity index (χ4v) is 1.78. The zero-order valence-corrected chi connectivity index (χ0v) is 12.2. The molecule has 18 heavy (non-hydrogen) atoms. The van der Waals surface area contributed by atoms with Gasteiger partial charge in [0.1, 0.15) is 5.82 Å². The molecule has 100 valence electrons. The normalized spacial score (nSPS) is 11.4. The van der Waals surface area contributed by atoms with E-state index in [4.69, 9.17) is 5.73 Å². The molecule has 1 rings (SSSR count). The second-order valence-electron chi connectivity index (χ2n) is 5.00. The number of benzene rings is 1. The Morgan fingerprint density at radius 3 is 2.78 bits per heavy atom. The first-order valence-corrected chi connectivity index (χ1v) is 6.57. The van der Waals surface area contributed by atoms with Gasteiger partial charge in [0, 0.05) is 23.0 Å². The lowest BCUT2D eigenvalue weighted by Crippen LogP contribution is -2.34. The Balaban J connectivity index is 2.45. The third kappa shape index (κ3) is 5.60. The monoisotopic (exact) mass is 316 g/mol. The molecule has 0 unspecified atom stereocenters. The third-order valence-electron chi connectivity index (χ3n) is 2.48. The molecule has 0 saturated heterocycles. The number of nitrogens with one attached hydrogen (secondary N) is 1. The zero-order chi connectivity index (χ0) is 13.8. The average molecular weight is 317 g/mol. The summed E-state index contributed by atoms with van der Waals surface area (Å²) in [6, 6.07) is 4.39. The maximum atomic E-state index is 13.0. The maximum Gasteiger partial charge on any atom is 0.220 e. The zero-order valence-electron chi connectivity index (χ0n) is 10.6. The molecular weight excluding hydrogens is 299 g/mol. The molecule has 0 aliphatic carbocycles. The summed E-state index contributed by atoms with van der Waals surface area (Å²) in [5.74, 6) is -0.393. The Hall–Kier alpha value is -0.940. The van der Waals surface area contributed by atoms with Crippen LogP contribution in [-0.2, 0) is 11.3 Å². The van der Waals surface area contributed by atoms with Gasteiger partial charge in [-0.2, -0.15) is 0 Å². The maximum absolute atomic E-state index is 13.0. The molecule has 1 amide bonds. The molecule has 3 nitrogen and oxygen atoms in total. The molecule has 0 fully saturated rings. The number of nitrogens with two attached hydrogens (primary N) is 1. The standard InChI is InChI=1S/C13H18BrFN2O/c1-13(2,16)6-5-12(18)17-8-9-7-10(15)3-4-11(9)14/h3-4,7H,5-6,8,16H2,1-2H3,(H,17,18). The molecule has 0 aliphatic rings. The summed E-state index contributed by atoms with van der Waals surface area (Å²) in [6.07, 6.45) is 0.986. The van der Waals surface area contributed by atoms with Crippen molar-refractivity contribution in [1.82, 2.24) is 5.32 Å². The Morgan fingerprint density at radius 1 is 1.50 bits per heavy atom. The number of carbonyl (C=O) groups is 1. The van der Waals surface area contributed by atoms with E-state index in [1.807, 2.05) is 13.8 Å². The van der Waals surface area contributed by atoms with E-state index in [1.165, 1.54) is 12.1 Å². The summed E-state index contributed by atoms with van der Waals surface area (Å²) in [6.45, 7) is 4.06. The van der Waals surface area contributed by atoms with Crippen molar-refractivity contribution in [2.24, 2.45) is 5.73 Å². The van der Waals surface area contributed by atoms with E-state index in [0.717, 1.165) is 10.0 Å². The van der Waals surface area contributed by atoms with Crippen LogP contribution in [0.25, 0.3) is 0 Å². The van der Waals surface area contributed by atoms with Gasteiger partial charge in [-0.25, -0.2) is 4.39 Å². The van der Waals surface area contributed by atoms with Gasteiger partial charge in [-0.05, 0) is 44.0 Å². The van der Waals surface area contributed by atoms with Crippen LogP contribution in [0.15, 0.2) is 22.7 Å². The van der Waals surface area contributed by atoms with Crippen LogP contribution in [0, 0.1) is 5.82 Å². The third-order valence-corrected chi connectivity index (χ3v) is 3.25. The summed E-state index contributed by atoms with van der Waals surface area (Å²) in [7, 11) is 0. The van der Waals surface area contributed by atoms with Gasteiger partial charge >= 0.3 is 0 Å². The number of carbonyl (C=O) groups excluding carboxylic acids is 1. The highest BCUT2D eigenvalue weighted by Gasteiger charge is 2.13. The van der Waals surface area contributed by atoms with Gasteiger partial charge in [-0.3, -0.25) is 4.79 Å². The fourth-order valence-electron chi connectivity index (χ4n) is 1.40. The van der Waals surface area contributed by atoms with Gasteiger partial charge < -0.3 is 11.1 Å². The lowest BCUT2D eigenvalue weighted by molar-refractivity contribution is -0.121. The topological polar surface area (TPSA) is 55.1 Å². The Kier molecular flexibility index (Phi) is 5.28. The molecule has 0 radical (unpaired) electrons. The van der Waals surface area contributed by atoms with Crippen molar-refractivity contribution in [2.75, 3.05) is 0 Å². The van der Waals surface area contributed by atoms with Gasteiger partial charge in [0.2, 0.25) is 5.91 Å². The predicted octanol–water partition coefficient (Wildman–Crippen LogP) is 2.72. The van der Waals surface area contributed by atoms with E-state index < -0.39 is 0 Å². The molecule has 3 N–H and O–H groups in total. The van der Waals surface area contributed by atoms with Crippen molar-refractivity contribution < 1.29 is 9.18 Å². The summed E-state index contributed by atoms with van der Waals surface area (Å²) in [5, 5.41) is 2.75. The highest BCUT2D eigenvalue weighted by molar-refractivity contribution is 9.10. The molecule has 5 heteroatoms. The summed E-state index contributed by atoms with van der Waals surface area (Å²) in [4.78, 5) is 11.6. The number of halogens is 2. The van der Waals surface area contributed by atoms with Crippen LogP contribution in [0.2, 0.25) is 0 Å². The van der Waals surface area contributed by atoms with Crippen molar-refractivity contribution in [3.05, 3.63) is 34.1 Å². The molecule has 0 aromatic heterocycles. The molecule has 0 spiro atoms. The molecular formula is C13H18BrFN2O. The predicted molar refractivity (Wildman–Crippen MR) is 73.4 cm³/mol. The van der Waals surface area contributed by atoms with E-state index in [1.54, 1.807) is 6.07 Å². The van der Waals surface area contributed by atoms with E-state index in [-0.39, 0.29) is 17.3 Å². The summed E-state index contributed by atoms with van der Waals surface area (Å²) >= 11 is 3.31. The van der Waals surface area contributed by atoms with Crippen molar-refractivity contribution in [3.8, 4) is 0 Å².